The molecule has 1 rings (SSSR count). The van der Waals surface area contributed by atoms with Crippen LogP contribution in [0, 0.1) is 5.41 Å². The fourth-order valence-corrected chi connectivity index (χ4v) is 2.05. The molecular formula is C12H25NO. The van der Waals surface area contributed by atoms with Gasteiger partial charge in [-0.3, -0.25) is 0 Å². The molecule has 14 heavy (non-hydrogen) atoms. The fraction of sp³-hybridized carbons (Fsp3) is 1.00. The van der Waals surface area contributed by atoms with Gasteiger partial charge in [0.2, 0.25) is 0 Å². The van der Waals surface area contributed by atoms with E-state index in [1.807, 2.05) is 0 Å². The lowest BCUT2D eigenvalue weighted by Gasteiger charge is -2.33. The zero-order valence-corrected chi connectivity index (χ0v) is 9.90. The van der Waals surface area contributed by atoms with Crippen molar-refractivity contribution in [1.82, 2.24) is 5.32 Å². The van der Waals surface area contributed by atoms with Crippen molar-refractivity contribution in [2.75, 3.05) is 13.2 Å². The molecule has 1 unspecified atom stereocenters. The predicted octanol–water partition coefficient (Wildman–Crippen LogP) is 2.32. The van der Waals surface area contributed by atoms with E-state index < -0.39 is 0 Å². The Balaban J connectivity index is 2.38. The Morgan fingerprint density at radius 3 is 2.36 bits per heavy atom. The molecule has 0 heterocycles. The summed E-state index contributed by atoms with van der Waals surface area (Å²) in [7, 11) is 0. The van der Waals surface area contributed by atoms with Crippen LogP contribution in [0.5, 0.6) is 0 Å². The third-order valence-corrected chi connectivity index (χ3v) is 3.88. The Morgan fingerprint density at radius 1 is 1.36 bits per heavy atom. The second-order valence-electron chi connectivity index (χ2n) is 5.44. The molecule has 1 saturated carbocycles. The first-order valence-corrected chi connectivity index (χ1v) is 5.89. The zero-order chi connectivity index (χ0) is 10.7. The minimum atomic E-state index is 0.0611. The molecule has 0 saturated heterocycles. The van der Waals surface area contributed by atoms with Gasteiger partial charge in [-0.25, -0.2) is 0 Å². The second-order valence-corrected chi connectivity index (χ2v) is 5.44. The lowest BCUT2D eigenvalue weighted by atomic mass is 9.87. The summed E-state index contributed by atoms with van der Waals surface area (Å²) < 4.78 is 0. The van der Waals surface area contributed by atoms with Gasteiger partial charge in [-0.05, 0) is 26.2 Å². The van der Waals surface area contributed by atoms with Crippen LogP contribution < -0.4 is 5.32 Å². The molecular weight excluding hydrogens is 174 g/mol. The molecule has 0 radical (unpaired) electrons. The predicted molar refractivity (Wildman–Crippen MR) is 60.4 cm³/mol. The molecule has 1 atom stereocenters. The standard InChI is InChI=1S/C12H25NO/c1-4-11(2,10-14)9-13-12(3)7-5-6-8-12/h13-14H,4-10H2,1-3H3. The maximum absolute atomic E-state index is 9.30. The van der Waals surface area contributed by atoms with Crippen LogP contribution in [0.3, 0.4) is 0 Å². The summed E-state index contributed by atoms with van der Waals surface area (Å²) in [5.41, 5.74) is 0.400. The summed E-state index contributed by atoms with van der Waals surface area (Å²) in [5.74, 6) is 0. The molecule has 0 amide bonds. The monoisotopic (exact) mass is 199 g/mol. The van der Waals surface area contributed by atoms with Crippen LogP contribution in [0.1, 0.15) is 52.9 Å². The van der Waals surface area contributed by atoms with Gasteiger partial charge in [0, 0.05) is 24.1 Å². The topological polar surface area (TPSA) is 32.3 Å². The molecule has 2 nitrogen and oxygen atoms in total. The summed E-state index contributed by atoms with van der Waals surface area (Å²) in [4.78, 5) is 0. The number of aliphatic hydroxyl groups excluding tert-OH is 1. The average Bonchev–Trinajstić information content (AvgIpc) is 2.63. The first-order valence-electron chi connectivity index (χ1n) is 5.89. The van der Waals surface area contributed by atoms with E-state index >= 15 is 0 Å². The molecule has 1 fully saturated rings. The zero-order valence-electron chi connectivity index (χ0n) is 9.90. The smallest absolute Gasteiger partial charge is 0.0496 e. The number of hydrogen-bond donors (Lipinski definition) is 2. The Morgan fingerprint density at radius 2 is 1.93 bits per heavy atom. The van der Waals surface area contributed by atoms with Crippen molar-refractivity contribution in [3.05, 3.63) is 0 Å². The Kier molecular flexibility index (Phi) is 3.96. The van der Waals surface area contributed by atoms with Gasteiger partial charge in [-0.1, -0.05) is 26.7 Å². The van der Waals surface area contributed by atoms with Crippen LogP contribution in [0.2, 0.25) is 0 Å². The van der Waals surface area contributed by atoms with Crippen molar-refractivity contribution in [3.63, 3.8) is 0 Å². The van der Waals surface area contributed by atoms with Crippen molar-refractivity contribution < 1.29 is 5.11 Å². The van der Waals surface area contributed by atoms with E-state index in [0.29, 0.717) is 5.54 Å². The van der Waals surface area contributed by atoms with E-state index in [9.17, 15) is 5.11 Å². The van der Waals surface area contributed by atoms with E-state index in [1.54, 1.807) is 0 Å². The molecule has 0 aromatic rings. The number of rotatable bonds is 5. The number of hydrogen-bond acceptors (Lipinski definition) is 2. The molecule has 1 aliphatic rings. The number of nitrogens with one attached hydrogen (secondary N) is 1. The normalized spacial score (nSPS) is 24.9. The molecule has 0 aliphatic heterocycles. The SMILES string of the molecule is CCC(C)(CO)CNC1(C)CCCC1. The van der Waals surface area contributed by atoms with E-state index in [4.69, 9.17) is 0 Å². The highest BCUT2D eigenvalue weighted by atomic mass is 16.3. The fourth-order valence-electron chi connectivity index (χ4n) is 2.05. The molecule has 0 spiro atoms. The third-order valence-electron chi connectivity index (χ3n) is 3.88. The third kappa shape index (κ3) is 2.96. The Hall–Kier alpha value is -0.0800. The first kappa shape index (κ1) is 12.0. The van der Waals surface area contributed by atoms with Crippen LogP contribution in [-0.2, 0) is 0 Å². The molecule has 2 N–H and O–H groups in total. The highest BCUT2D eigenvalue weighted by molar-refractivity contribution is 4.90. The van der Waals surface area contributed by atoms with E-state index in [2.05, 4.69) is 26.1 Å². The van der Waals surface area contributed by atoms with Crippen LogP contribution in [0.15, 0.2) is 0 Å². The summed E-state index contributed by atoms with van der Waals surface area (Å²) in [6, 6.07) is 0. The largest absolute Gasteiger partial charge is 0.396 e. The summed E-state index contributed by atoms with van der Waals surface area (Å²) in [6.45, 7) is 7.84. The van der Waals surface area contributed by atoms with Crippen LogP contribution in [0.25, 0.3) is 0 Å². The van der Waals surface area contributed by atoms with Crippen molar-refractivity contribution in [3.8, 4) is 0 Å². The van der Waals surface area contributed by atoms with Gasteiger partial charge >= 0.3 is 0 Å². The Bertz CT molecular complexity index is 165. The van der Waals surface area contributed by atoms with Gasteiger partial charge in [0.25, 0.3) is 0 Å². The van der Waals surface area contributed by atoms with E-state index in [1.165, 1.54) is 25.7 Å². The van der Waals surface area contributed by atoms with Crippen LogP contribution in [-0.4, -0.2) is 23.8 Å². The van der Waals surface area contributed by atoms with Gasteiger partial charge < -0.3 is 10.4 Å². The Labute approximate surface area is 88.1 Å². The quantitative estimate of drug-likeness (QED) is 0.712. The highest BCUT2D eigenvalue weighted by Crippen LogP contribution is 2.30. The molecule has 0 aromatic carbocycles. The van der Waals surface area contributed by atoms with Crippen molar-refractivity contribution in [2.24, 2.45) is 5.41 Å². The summed E-state index contributed by atoms with van der Waals surface area (Å²) in [6.07, 6.45) is 6.32. The molecule has 0 bridgehead atoms. The lowest BCUT2D eigenvalue weighted by molar-refractivity contribution is 0.124. The average molecular weight is 199 g/mol. The maximum atomic E-state index is 9.30. The van der Waals surface area contributed by atoms with Gasteiger partial charge in [0.1, 0.15) is 0 Å². The van der Waals surface area contributed by atoms with E-state index in [-0.39, 0.29) is 12.0 Å². The maximum Gasteiger partial charge on any atom is 0.0496 e. The van der Waals surface area contributed by atoms with Gasteiger partial charge in [-0.2, -0.15) is 0 Å². The van der Waals surface area contributed by atoms with Gasteiger partial charge in [0.15, 0.2) is 0 Å². The van der Waals surface area contributed by atoms with Gasteiger partial charge in [0.05, 0.1) is 0 Å². The molecule has 0 aromatic heterocycles. The molecule has 84 valence electrons. The van der Waals surface area contributed by atoms with Crippen molar-refractivity contribution in [2.45, 2.75) is 58.4 Å². The van der Waals surface area contributed by atoms with Gasteiger partial charge in [-0.15, -0.1) is 0 Å². The van der Waals surface area contributed by atoms with Crippen LogP contribution in [0.4, 0.5) is 0 Å². The second kappa shape index (κ2) is 4.63. The minimum Gasteiger partial charge on any atom is -0.396 e. The van der Waals surface area contributed by atoms with Crippen molar-refractivity contribution >= 4 is 0 Å². The van der Waals surface area contributed by atoms with Crippen LogP contribution >= 0.6 is 0 Å². The van der Waals surface area contributed by atoms with E-state index in [0.717, 1.165) is 13.0 Å². The molecule has 1 aliphatic carbocycles. The lowest BCUT2D eigenvalue weighted by Crippen LogP contribution is -2.46. The number of aliphatic hydroxyl groups is 1. The summed E-state index contributed by atoms with van der Waals surface area (Å²) >= 11 is 0. The molecule has 2 heteroatoms. The first-order chi connectivity index (χ1) is 6.54. The summed E-state index contributed by atoms with van der Waals surface area (Å²) in [5, 5.41) is 12.9. The van der Waals surface area contributed by atoms with Crippen molar-refractivity contribution in [1.29, 1.82) is 0 Å². The highest BCUT2D eigenvalue weighted by Gasteiger charge is 2.31. The minimum absolute atomic E-state index is 0.0611.